The van der Waals surface area contributed by atoms with Crippen LogP contribution in [0.1, 0.15) is 16.7 Å². The Hall–Kier alpha value is -4.92. The van der Waals surface area contributed by atoms with Crippen LogP contribution in [0.5, 0.6) is 17.2 Å². The summed E-state index contributed by atoms with van der Waals surface area (Å²) in [7, 11) is 3.19. The molecule has 1 aromatic heterocycles. The molecule has 44 heavy (non-hydrogen) atoms. The zero-order valence-corrected chi connectivity index (χ0v) is 26.6. The van der Waals surface area contributed by atoms with Gasteiger partial charge < -0.3 is 18.6 Å². The lowest BCUT2D eigenvalue weighted by atomic mass is 9.98. The van der Waals surface area contributed by atoms with E-state index >= 15 is 0 Å². The zero-order chi connectivity index (χ0) is 31.2. The highest BCUT2D eigenvalue weighted by molar-refractivity contribution is 9.11. The van der Waals surface area contributed by atoms with Crippen molar-refractivity contribution in [2.24, 2.45) is 4.99 Å². The number of rotatable bonds is 10. The lowest BCUT2D eigenvalue weighted by Gasteiger charge is -2.11. The number of non-ortho nitro benzene ring substituents is 1. The van der Waals surface area contributed by atoms with Gasteiger partial charge in [-0.25, -0.2) is 4.99 Å². The van der Waals surface area contributed by atoms with Gasteiger partial charge in [0.05, 0.1) is 28.1 Å². The summed E-state index contributed by atoms with van der Waals surface area (Å²) in [6, 6.07) is 26.9. The third-order valence-corrected chi connectivity index (χ3v) is 7.79. The molecule has 0 spiro atoms. The summed E-state index contributed by atoms with van der Waals surface area (Å²) in [6.07, 6.45) is 1.60. The summed E-state index contributed by atoms with van der Waals surface area (Å²) in [5, 5.41) is 21.1. The highest BCUT2D eigenvalue weighted by Crippen LogP contribution is 2.43. The highest BCUT2D eigenvalue weighted by Gasteiger charge is 2.23. The number of aliphatic imine (C=N–C) groups is 1. The molecule has 0 saturated carbocycles. The lowest BCUT2D eigenvalue weighted by Crippen LogP contribution is -1.98. The second-order valence-corrected chi connectivity index (χ2v) is 11.0. The summed E-state index contributed by atoms with van der Waals surface area (Å²) < 4.78 is 24.1. The normalized spacial score (nSPS) is 10.9. The van der Waals surface area contributed by atoms with Crippen molar-refractivity contribution < 1.29 is 23.6 Å². The smallest absolute Gasteiger partial charge is 0.269 e. The van der Waals surface area contributed by atoms with E-state index in [1.807, 2.05) is 60.7 Å². The Morgan fingerprint density at radius 3 is 2.00 bits per heavy atom. The summed E-state index contributed by atoms with van der Waals surface area (Å²) in [6.45, 7) is 0.211. The van der Waals surface area contributed by atoms with E-state index in [4.69, 9.17) is 18.6 Å². The van der Waals surface area contributed by atoms with Crippen LogP contribution >= 0.6 is 31.9 Å². The van der Waals surface area contributed by atoms with Crippen LogP contribution in [-0.4, -0.2) is 25.4 Å². The third-order valence-electron chi connectivity index (χ3n) is 6.61. The molecule has 220 valence electrons. The minimum absolute atomic E-state index is 0.0168. The van der Waals surface area contributed by atoms with Crippen LogP contribution in [0.15, 0.2) is 103 Å². The second kappa shape index (κ2) is 13.6. The van der Waals surface area contributed by atoms with Crippen LogP contribution in [0.25, 0.3) is 22.5 Å². The topological polar surface area (TPSA) is 120 Å². The number of nitriles is 1. The summed E-state index contributed by atoms with van der Waals surface area (Å²) in [4.78, 5) is 15.0. The summed E-state index contributed by atoms with van der Waals surface area (Å²) in [5.74, 6) is 2.60. The van der Waals surface area contributed by atoms with Crippen LogP contribution in [0.2, 0.25) is 0 Å². The average Bonchev–Trinajstić information content (AvgIpc) is 3.42. The second-order valence-electron chi connectivity index (χ2n) is 9.34. The van der Waals surface area contributed by atoms with Crippen molar-refractivity contribution in [2.45, 2.75) is 6.61 Å². The average molecular weight is 717 g/mol. The van der Waals surface area contributed by atoms with Gasteiger partial charge in [-0.1, -0.05) is 12.1 Å². The van der Waals surface area contributed by atoms with Gasteiger partial charge in [0.15, 0.2) is 0 Å². The predicted octanol–water partition coefficient (Wildman–Crippen LogP) is 9.27. The largest absolute Gasteiger partial charge is 0.497 e. The number of halogens is 2. The Kier molecular flexibility index (Phi) is 9.43. The first-order valence-corrected chi connectivity index (χ1v) is 14.6. The maximum Gasteiger partial charge on any atom is 0.269 e. The number of nitrogens with zero attached hydrogens (tertiary/aromatic N) is 3. The van der Waals surface area contributed by atoms with Crippen molar-refractivity contribution >= 4 is 49.6 Å². The molecule has 0 saturated heterocycles. The number of hydrogen-bond acceptors (Lipinski definition) is 8. The SMILES string of the molecule is COc1ccc(-c2oc(N=Cc3cc(Br)c(OCc4ccc([N+](=O)[O-])cc4)c(Br)c3)c(C#N)c2-c2ccc(OC)cc2)cc1. The molecule has 0 atom stereocenters. The van der Waals surface area contributed by atoms with Gasteiger partial charge in [0.2, 0.25) is 5.88 Å². The molecule has 0 aliphatic rings. The first kappa shape index (κ1) is 30.5. The molecule has 0 radical (unpaired) electrons. The number of nitro groups is 1. The molecular weight excluding hydrogens is 694 g/mol. The fourth-order valence-corrected chi connectivity index (χ4v) is 5.84. The van der Waals surface area contributed by atoms with E-state index in [0.717, 1.165) is 16.7 Å². The van der Waals surface area contributed by atoms with E-state index in [-0.39, 0.29) is 18.2 Å². The number of benzene rings is 4. The minimum atomic E-state index is -0.444. The first-order valence-electron chi connectivity index (χ1n) is 13.1. The fourth-order valence-electron chi connectivity index (χ4n) is 4.39. The van der Waals surface area contributed by atoms with Crippen molar-refractivity contribution in [3.8, 4) is 45.8 Å². The van der Waals surface area contributed by atoms with E-state index in [1.54, 1.807) is 32.6 Å². The number of ether oxygens (including phenoxy) is 3. The number of nitro benzene ring substituents is 1. The molecule has 4 aromatic carbocycles. The molecule has 0 bridgehead atoms. The molecule has 9 nitrogen and oxygen atoms in total. The predicted molar refractivity (Wildman–Crippen MR) is 174 cm³/mol. The van der Waals surface area contributed by atoms with Gasteiger partial charge in [-0.05, 0) is 109 Å². The van der Waals surface area contributed by atoms with Crippen molar-refractivity contribution in [3.63, 3.8) is 0 Å². The fraction of sp³-hybridized carbons (Fsp3) is 0.0909. The molecule has 5 rings (SSSR count). The van der Waals surface area contributed by atoms with Crippen LogP contribution in [0.4, 0.5) is 11.6 Å². The highest BCUT2D eigenvalue weighted by atomic mass is 79.9. The van der Waals surface area contributed by atoms with Gasteiger partial charge in [-0.15, -0.1) is 0 Å². The molecule has 1 heterocycles. The Labute approximate surface area is 269 Å². The van der Waals surface area contributed by atoms with Crippen LogP contribution < -0.4 is 14.2 Å². The van der Waals surface area contributed by atoms with E-state index in [9.17, 15) is 15.4 Å². The third kappa shape index (κ3) is 6.67. The van der Waals surface area contributed by atoms with Gasteiger partial charge in [0, 0.05) is 29.5 Å². The van der Waals surface area contributed by atoms with Crippen LogP contribution in [0, 0.1) is 21.4 Å². The summed E-state index contributed by atoms with van der Waals surface area (Å²) in [5.41, 5.74) is 3.95. The standard InChI is InChI=1S/C33H23Br2N3O6/c1-41-25-11-5-22(6-12-25)30-27(17-36)33(44-31(30)23-7-13-26(42-2)14-8-23)37-18-21-15-28(34)32(29(35)16-21)43-19-20-3-9-24(10-4-20)38(39)40/h3-16,18H,19H2,1-2H3. The Bertz CT molecular complexity index is 1850. The maximum atomic E-state index is 10.9. The maximum absolute atomic E-state index is 10.9. The van der Waals surface area contributed by atoms with Gasteiger partial charge in [0.1, 0.15) is 41.2 Å². The number of methoxy groups -OCH3 is 2. The van der Waals surface area contributed by atoms with Crippen LogP contribution in [-0.2, 0) is 6.61 Å². The molecule has 0 aliphatic carbocycles. The first-order chi connectivity index (χ1) is 21.3. The Morgan fingerprint density at radius 2 is 1.48 bits per heavy atom. The zero-order valence-electron chi connectivity index (χ0n) is 23.4. The van der Waals surface area contributed by atoms with Crippen LogP contribution in [0.3, 0.4) is 0 Å². The van der Waals surface area contributed by atoms with E-state index in [2.05, 4.69) is 42.9 Å². The molecule has 0 aliphatic heterocycles. The quantitative estimate of drug-likeness (QED) is 0.0803. The van der Waals surface area contributed by atoms with Crippen molar-refractivity contribution in [1.82, 2.24) is 0 Å². The van der Waals surface area contributed by atoms with Gasteiger partial charge in [-0.2, -0.15) is 5.26 Å². The van der Waals surface area contributed by atoms with Gasteiger partial charge >= 0.3 is 0 Å². The monoisotopic (exact) mass is 715 g/mol. The molecule has 5 aromatic rings. The van der Waals surface area contributed by atoms with E-state index in [1.165, 1.54) is 12.1 Å². The molecule has 0 N–H and O–H groups in total. The molecule has 11 heteroatoms. The minimum Gasteiger partial charge on any atom is -0.497 e. The number of hydrogen-bond donors (Lipinski definition) is 0. The van der Waals surface area contributed by atoms with Gasteiger partial charge in [-0.3, -0.25) is 10.1 Å². The molecular formula is C33H23Br2N3O6. The lowest BCUT2D eigenvalue weighted by molar-refractivity contribution is -0.384. The number of furan rings is 1. The van der Waals surface area contributed by atoms with E-state index < -0.39 is 4.92 Å². The van der Waals surface area contributed by atoms with E-state index in [0.29, 0.717) is 48.6 Å². The van der Waals surface area contributed by atoms with Crippen molar-refractivity contribution in [3.05, 3.63) is 121 Å². The molecule has 0 fully saturated rings. The Balaban J connectivity index is 1.46. The molecule has 0 unspecified atom stereocenters. The molecule has 0 amide bonds. The van der Waals surface area contributed by atoms with Gasteiger partial charge in [0.25, 0.3) is 5.69 Å². The van der Waals surface area contributed by atoms with Crippen molar-refractivity contribution in [2.75, 3.05) is 14.2 Å². The summed E-state index contributed by atoms with van der Waals surface area (Å²) >= 11 is 7.11. The Morgan fingerprint density at radius 1 is 0.909 bits per heavy atom. The van der Waals surface area contributed by atoms with Crippen molar-refractivity contribution in [1.29, 1.82) is 5.26 Å².